The Balaban J connectivity index is 0.693. The number of anilines is 6. The zero-order valence-electron chi connectivity index (χ0n) is 60.5. The van der Waals surface area contributed by atoms with Crippen molar-refractivity contribution in [2.45, 2.75) is 0 Å². The SMILES string of the molecule is c1ccc(-c2ccc(-c3ccccc3)c(N(c3cccc(-c4cc5ccccc5c5ccccc45)c3)c3ccccc3-c3cccc4cc(-c5ccc(-c6ccc(N(c7cccc(-c8cc9ccccc9c9ccccc89)c7)c7ccccc7-c7cccc8ccccc78)c(-c7ccccc7)c6)cc5)ccc34)c2)cc1. The van der Waals surface area contributed by atoms with Gasteiger partial charge in [-0.1, -0.05) is 364 Å². The predicted octanol–water partition coefficient (Wildman–Crippen LogP) is 30.5. The molecule has 0 radical (unpaired) electrons. The average Bonchev–Trinajstić information content (AvgIpc) is 0.752. The van der Waals surface area contributed by atoms with E-state index in [0.29, 0.717) is 0 Å². The highest BCUT2D eigenvalue weighted by Gasteiger charge is 2.26. The van der Waals surface area contributed by atoms with E-state index >= 15 is 0 Å². The molecule has 514 valence electrons. The average molecular weight is 1400 g/mol. The molecule has 0 saturated heterocycles. The molecule has 20 rings (SSSR count). The summed E-state index contributed by atoms with van der Waals surface area (Å²) < 4.78 is 0. The molecule has 0 aromatic heterocycles. The second-order valence-electron chi connectivity index (χ2n) is 28.6. The summed E-state index contributed by atoms with van der Waals surface area (Å²) in [7, 11) is 0. The first-order valence-electron chi connectivity index (χ1n) is 37.9. The molecule has 0 aliphatic rings. The third-order valence-corrected chi connectivity index (χ3v) is 22.2. The fourth-order valence-electron chi connectivity index (χ4n) is 17.0. The minimum atomic E-state index is 1.06. The summed E-state index contributed by atoms with van der Waals surface area (Å²) in [6, 6.07) is 161. The summed E-state index contributed by atoms with van der Waals surface area (Å²) in [4.78, 5) is 5.01. The lowest BCUT2D eigenvalue weighted by Crippen LogP contribution is -2.13. The van der Waals surface area contributed by atoms with Crippen molar-refractivity contribution in [1.29, 1.82) is 0 Å². The Labute approximate surface area is 641 Å². The van der Waals surface area contributed by atoms with Crippen molar-refractivity contribution < 1.29 is 0 Å². The Morgan fingerprint density at radius 1 is 0.118 bits per heavy atom. The third kappa shape index (κ3) is 11.9. The van der Waals surface area contributed by atoms with Crippen LogP contribution in [0, 0.1) is 0 Å². The van der Waals surface area contributed by atoms with Crippen molar-refractivity contribution in [2.24, 2.45) is 0 Å². The van der Waals surface area contributed by atoms with Crippen molar-refractivity contribution in [3.63, 3.8) is 0 Å². The van der Waals surface area contributed by atoms with E-state index < -0.39 is 0 Å². The van der Waals surface area contributed by atoms with Gasteiger partial charge in [-0.3, -0.25) is 0 Å². The van der Waals surface area contributed by atoms with E-state index in [-0.39, 0.29) is 0 Å². The summed E-state index contributed by atoms with van der Waals surface area (Å²) >= 11 is 0. The van der Waals surface area contributed by atoms with Crippen LogP contribution < -0.4 is 9.80 Å². The van der Waals surface area contributed by atoms with Gasteiger partial charge in [0.25, 0.3) is 0 Å². The number of nitrogens with zero attached hydrogens (tertiary/aromatic N) is 2. The Kier molecular flexibility index (Phi) is 16.6. The van der Waals surface area contributed by atoms with Gasteiger partial charge in [0.2, 0.25) is 0 Å². The summed E-state index contributed by atoms with van der Waals surface area (Å²) in [5, 5.41) is 14.7. The van der Waals surface area contributed by atoms with Gasteiger partial charge in [-0.15, -0.1) is 0 Å². The van der Waals surface area contributed by atoms with Gasteiger partial charge < -0.3 is 9.80 Å². The molecule has 2 nitrogen and oxygen atoms in total. The highest BCUT2D eigenvalue weighted by atomic mass is 15.2. The van der Waals surface area contributed by atoms with Crippen molar-refractivity contribution in [3.05, 3.63) is 437 Å². The van der Waals surface area contributed by atoms with Gasteiger partial charge in [0.1, 0.15) is 0 Å². The van der Waals surface area contributed by atoms with Crippen molar-refractivity contribution in [2.75, 3.05) is 9.80 Å². The van der Waals surface area contributed by atoms with Gasteiger partial charge in [0.15, 0.2) is 0 Å². The Morgan fingerprint density at radius 2 is 0.455 bits per heavy atom. The fourth-order valence-corrected chi connectivity index (χ4v) is 17.0. The van der Waals surface area contributed by atoms with E-state index in [1.54, 1.807) is 0 Å². The number of hydrogen-bond acceptors (Lipinski definition) is 2. The lowest BCUT2D eigenvalue weighted by Gasteiger charge is -2.31. The first-order valence-corrected chi connectivity index (χ1v) is 37.9. The van der Waals surface area contributed by atoms with E-state index in [1.807, 2.05) is 0 Å². The molecule has 0 atom stereocenters. The third-order valence-electron chi connectivity index (χ3n) is 22.2. The van der Waals surface area contributed by atoms with Gasteiger partial charge in [-0.25, -0.2) is 0 Å². The minimum Gasteiger partial charge on any atom is -0.309 e. The summed E-state index contributed by atoms with van der Waals surface area (Å²) in [6.07, 6.45) is 0. The molecule has 0 aliphatic heterocycles. The first-order chi connectivity index (χ1) is 54.6. The van der Waals surface area contributed by atoms with E-state index in [1.165, 1.54) is 75.9 Å². The zero-order chi connectivity index (χ0) is 72.9. The first kappa shape index (κ1) is 65.1. The molecule has 0 N–H and O–H groups in total. The highest BCUT2D eigenvalue weighted by molar-refractivity contribution is 6.16. The second-order valence-corrected chi connectivity index (χ2v) is 28.6. The Hall–Kier alpha value is -14.4. The normalized spacial score (nSPS) is 11.5. The van der Waals surface area contributed by atoms with Crippen LogP contribution in [-0.2, 0) is 0 Å². The van der Waals surface area contributed by atoms with Crippen LogP contribution in [-0.4, -0.2) is 0 Å². The minimum absolute atomic E-state index is 1.06. The maximum atomic E-state index is 2.51. The molecule has 0 bridgehead atoms. The van der Waals surface area contributed by atoms with E-state index in [2.05, 4.69) is 447 Å². The number of para-hydroxylation sites is 2. The second kappa shape index (κ2) is 28.1. The van der Waals surface area contributed by atoms with Crippen LogP contribution in [0.5, 0.6) is 0 Å². The molecule has 0 aliphatic carbocycles. The predicted molar refractivity (Wildman–Crippen MR) is 470 cm³/mol. The van der Waals surface area contributed by atoms with Gasteiger partial charge in [-0.2, -0.15) is 0 Å². The van der Waals surface area contributed by atoms with Gasteiger partial charge in [0.05, 0.1) is 22.7 Å². The molecule has 0 fully saturated rings. The lowest BCUT2D eigenvalue weighted by molar-refractivity contribution is 1.28. The Morgan fingerprint density at radius 3 is 1.02 bits per heavy atom. The van der Waals surface area contributed by atoms with Gasteiger partial charge in [-0.05, 0) is 215 Å². The molecule has 110 heavy (non-hydrogen) atoms. The van der Waals surface area contributed by atoms with Crippen molar-refractivity contribution in [1.82, 2.24) is 0 Å². The van der Waals surface area contributed by atoms with Crippen molar-refractivity contribution >= 4 is 98.8 Å². The number of rotatable bonds is 15. The summed E-state index contributed by atoms with van der Waals surface area (Å²) in [5.74, 6) is 0. The molecular formula is C108H72N2. The summed E-state index contributed by atoms with van der Waals surface area (Å²) in [5.41, 5.74) is 27.1. The van der Waals surface area contributed by atoms with E-state index in [0.717, 1.165) is 123 Å². The molecule has 0 heterocycles. The molecule has 0 unspecified atom stereocenters. The maximum absolute atomic E-state index is 2.51. The van der Waals surface area contributed by atoms with Crippen LogP contribution in [0.2, 0.25) is 0 Å². The number of hydrogen-bond donors (Lipinski definition) is 0. The van der Waals surface area contributed by atoms with E-state index in [9.17, 15) is 0 Å². The summed E-state index contributed by atoms with van der Waals surface area (Å²) in [6.45, 7) is 0. The molecule has 0 spiro atoms. The maximum Gasteiger partial charge on any atom is 0.0546 e. The lowest BCUT2D eigenvalue weighted by atomic mass is 9.91. The zero-order valence-corrected chi connectivity index (χ0v) is 60.5. The molecule has 0 saturated carbocycles. The standard InChI is InChI=1S/C108H72N2/c1-4-28-73(29-5-1)81-61-64-93(77-30-6-2-7-31-77)108(72-81)110(88-42-25-39-84(68-88)103-71-86-36-12-15-45-91(86)95-47-17-19-49-99(95)103)106-55-23-21-51-101(106)97-53-27-40-82-66-79(60-63-92(82)97)74-56-58-75(59-57-74)80-62-65-107(104(69-80)78-32-8-3-9-33-78)109(105-54-22-20-50-100(105)96-52-26-37-76-34-10-13-43-89(76)96)87-41-24-38-83(67-87)102-70-85-35-11-14-44-90(85)94-46-16-18-48-98(94)102/h1-72H. The quantitative estimate of drug-likeness (QED) is 0.0944. The molecule has 2 heteroatoms. The molecule has 20 aromatic carbocycles. The van der Waals surface area contributed by atoms with Gasteiger partial charge >= 0.3 is 0 Å². The van der Waals surface area contributed by atoms with Crippen LogP contribution in [0.4, 0.5) is 34.1 Å². The van der Waals surface area contributed by atoms with Crippen LogP contribution in [0.25, 0.3) is 165 Å². The largest absolute Gasteiger partial charge is 0.309 e. The smallest absolute Gasteiger partial charge is 0.0546 e. The topological polar surface area (TPSA) is 6.48 Å². The van der Waals surface area contributed by atoms with Crippen LogP contribution >= 0.6 is 0 Å². The van der Waals surface area contributed by atoms with Crippen molar-refractivity contribution in [3.8, 4) is 100 Å². The Bertz CT molecular complexity index is 6890. The van der Waals surface area contributed by atoms with E-state index in [4.69, 9.17) is 0 Å². The number of benzene rings is 20. The van der Waals surface area contributed by atoms with Crippen LogP contribution in [0.3, 0.4) is 0 Å². The fraction of sp³-hybridized carbons (Fsp3) is 0. The molecular weight excluding hydrogens is 1330 g/mol. The molecule has 0 amide bonds. The van der Waals surface area contributed by atoms with Crippen LogP contribution in [0.1, 0.15) is 0 Å². The van der Waals surface area contributed by atoms with Gasteiger partial charge in [0, 0.05) is 33.6 Å². The molecule has 20 aromatic rings. The monoisotopic (exact) mass is 1400 g/mol. The highest BCUT2D eigenvalue weighted by Crippen LogP contribution is 2.52. The van der Waals surface area contributed by atoms with Crippen LogP contribution in [0.15, 0.2) is 437 Å². The number of fused-ring (bicyclic) bond motifs is 8.